The number of carbonyl (C=O) groups is 1. The van der Waals surface area contributed by atoms with Gasteiger partial charge in [0.05, 0.1) is 23.7 Å². The second-order valence-electron chi connectivity index (χ2n) is 5.44. The normalized spacial score (nSPS) is 12.2. The molecule has 3 N–H and O–H groups in total. The SMILES string of the molecule is C[C@H](O)CNC(=O)CSc1nc2[nH]ncc2c(=O)n1-c1ccccc1. The van der Waals surface area contributed by atoms with E-state index >= 15 is 0 Å². The minimum absolute atomic E-state index is 0.0750. The molecular formula is C16H17N5O3S. The zero-order valence-corrected chi connectivity index (χ0v) is 14.3. The number of aromatic amines is 1. The van der Waals surface area contributed by atoms with Gasteiger partial charge in [-0.3, -0.25) is 19.3 Å². The minimum Gasteiger partial charge on any atom is -0.392 e. The number of fused-ring (bicyclic) bond motifs is 1. The summed E-state index contributed by atoms with van der Waals surface area (Å²) in [5.74, 6) is -0.171. The van der Waals surface area contributed by atoms with Gasteiger partial charge in [-0.1, -0.05) is 30.0 Å². The Kier molecular flexibility index (Phi) is 5.15. The van der Waals surface area contributed by atoms with Crippen LogP contribution in [0, 0.1) is 0 Å². The van der Waals surface area contributed by atoms with Gasteiger partial charge in [0.2, 0.25) is 5.91 Å². The molecule has 2 heterocycles. The molecule has 0 fully saturated rings. The van der Waals surface area contributed by atoms with Crippen molar-refractivity contribution in [3.05, 3.63) is 46.9 Å². The second kappa shape index (κ2) is 7.49. The van der Waals surface area contributed by atoms with E-state index in [0.717, 1.165) is 11.8 Å². The van der Waals surface area contributed by atoms with Gasteiger partial charge in [-0.15, -0.1) is 0 Å². The summed E-state index contributed by atoms with van der Waals surface area (Å²) in [6.45, 7) is 1.77. The number of aliphatic hydroxyl groups is 1. The summed E-state index contributed by atoms with van der Waals surface area (Å²) in [6.07, 6.45) is 0.823. The number of para-hydroxylation sites is 1. The molecule has 3 aromatic rings. The topological polar surface area (TPSA) is 113 Å². The highest BCUT2D eigenvalue weighted by atomic mass is 32.2. The molecule has 25 heavy (non-hydrogen) atoms. The number of H-pyrrole nitrogens is 1. The van der Waals surface area contributed by atoms with Gasteiger partial charge in [0, 0.05) is 6.54 Å². The Balaban J connectivity index is 1.93. The van der Waals surface area contributed by atoms with Gasteiger partial charge >= 0.3 is 0 Å². The molecule has 2 aromatic heterocycles. The molecule has 0 radical (unpaired) electrons. The van der Waals surface area contributed by atoms with Crippen LogP contribution >= 0.6 is 11.8 Å². The van der Waals surface area contributed by atoms with E-state index in [0.29, 0.717) is 21.9 Å². The smallest absolute Gasteiger partial charge is 0.269 e. The van der Waals surface area contributed by atoms with E-state index in [2.05, 4.69) is 20.5 Å². The highest BCUT2D eigenvalue weighted by Gasteiger charge is 2.15. The molecule has 1 amide bonds. The zero-order valence-electron chi connectivity index (χ0n) is 13.5. The molecule has 3 rings (SSSR count). The van der Waals surface area contributed by atoms with E-state index < -0.39 is 6.10 Å². The van der Waals surface area contributed by atoms with Crippen molar-refractivity contribution in [1.29, 1.82) is 0 Å². The number of hydrogen-bond donors (Lipinski definition) is 3. The van der Waals surface area contributed by atoms with Gasteiger partial charge in [-0.05, 0) is 19.1 Å². The predicted octanol–water partition coefficient (Wildman–Crippen LogP) is 0.698. The summed E-state index contributed by atoms with van der Waals surface area (Å²) in [4.78, 5) is 29.1. The molecule has 130 valence electrons. The fraction of sp³-hybridized carbons (Fsp3) is 0.250. The Bertz CT molecular complexity index is 936. The molecular weight excluding hydrogens is 342 g/mol. The van der Waals surface area contributed by atoms with Crippen molar-refractivity contribution >= 4 is 28.7 Å². The van der Waals surface area contributed by atoms with Crippen LogP contribution in [0.4, 0.5) is 0 Å². The Labute approximate surface area is 147 Å². The van der Waals surface area contributed by atoms with Crippen LogP contribution in [0.3, 0.4) is 0 Å². The summed E-state index contributed by atoms with van der Waals surface area (Å²) in [6, 6.07) is 9.10. The first-order chi connectivity index (χ1) is 12.1. The van der Waals surface area contributed by atoms with Crippen LogP contribution in [0.1, 0.15) is 6.92 Å². The third kappa shape index (κ3) is 3.89. The molecule has 8 nitrogen and oxygen atoms in total. The van der Waals surface area contributed by atoms with Crippen molar-refractivity contribution in [3.8, 4) is 5.69 Å². The fourth-order valence-electron chi connectivity index (χ4n) is 2.22. The van der Waals surface area contributed by atoms with E-state index in [4.69, 9.17) is 0 Å². The summed E-state index contributed by atoms with van der Waals surface area (Å²) in [5.41, 5.74) is 0.788. The third-order valence-corrected chi connectivity index (χ3v) is 4.33. The fourth-order valence-corrected chi connectivity index (χ4v) is 3.05. The van der Waals surface area contributed by atoms with Crippen molar-refractivity contribution in [2.75, 3.05) is 12.3 Å². The largest absolute Gasteiger partial charge is 0.392 e. The van der Waals surface area contributed by atoms with Crippen molar-refractivity contribution in [1.82, 2.24) is 25.1 Å². The number of aromatic nitrogens is 4. The van der Waals surface area contributed by atoms with E-state index in [1.54, 1.807) is 19.1 Å². The number of carbonyl (C=O) groups excluding carboxylic acids is 1. The highest BCUT2D eigenvalue weighted by molar-refractivity contribution is 7.99. The van der Waals surface area contributed by atoms with Gasteiger partial charge < -0.3 is 10.4 Å². The molecule has 0 aliphatic heterocycles. The number of rotatable bonds is 6. The number of nitrogens with zero attached hydrogens (tertiary/aromatic N) is 3. The first kappa shape index (κ1) is 17.2. The Morgan fingerprint density at radius 3 is 2.88 bits per heavy atom. The first-order valence-corrected chi connectivity index (χ1v) is 8.64. The first-order valence-electron chi connectivity index (χ1n) is 7.65. The minimum atomic E-state index is -0.615. The average Bonchev–Trinajstić information content (AvgIpc) is 3.08. The molecule has 0 unspecified atom stereocenters. The van der Waals surface area contributed by atoms with Gasteiger partial charge in [0.1, 0.15) is 5.39 Å². The molecule has 0 spiro atoms. The lowest BCUT2D eigenvalue weighted by Gasteiger charge is -2.12. The lowest BCUT2D eigenvalue weighted by atomic mass is 10.3. The Morgan fingerprint density at radius 1 is 1.40 bits per heavy atom. The average molecular weight is 359 g/mol. The number of amides is 1. The maximum atomic E-state index is 12.8. The second-order valence-corrected chi connectivity index (χ2v) is 6.39. The number of hydrogen-bond acceptors (Lipinski definition) is 6. The lowest BCUT2D eigenvalue weighted by molar-refractivity contribution is -0.118. The quantitative estimate of drug-likeness (QED) is 0.441. The van der Waals surface area contributed by atoms with Crippen LogP contribution < -0.4 is 10.9 Å². The highest BCUT2D eigenvalue weighted by Crippen LogP contribution is 2.20. The number of aliphatic hydroxyl groups excluding tert-OH is 1. The van der Waals surface area contributed by atoms with Crippen LogP contribution in [0.5, 0.6) is 0 Å². The Hall–Kier alpha value is -2.65. The van der Waals surface area contributed by atoms with E-state index in [9.17, 15) is 14.7 Å². The molecule has 0 saturated carbocycles. The van der Waals surface area contributed by atoms with Crippen LogP contribution in [0.2, 0.25) is 0 Å². The molecule has 0 aliphatic rings. The van der Waals surface area contributed by atoms with E-state index in [1.807, 2.05) is 18.2 Å². The summed E-state index contributed by atoms with van der Waals surface area (Å²) in [7, 11) is 0. The monoisotopic (exact) mass is 359 g/mol. The molecule has 1 atom stereocenters. The third-order valence-electron chi connectivity index (χ3n) is 3.39. The molecule has 0 aliphatic carbocycles. The van der Waals surface area contributed by atoms with Gasteiger partial charge in [0.25, 0.3) is 5.56 Å². The lowest BCUT2D eigenvalue weighted by Crippen LogP contribution is -2.32. The zero-order chi connectivity index (χ0) is 17.8. The Morgan fingerprint density at radius 2 is 2.16 bits per heavy atom. The van der Waals surface area contributed by atoms with Crippen LogP contribution in [-0.2, 0) is 4.79 Å². The summed E-state index contributed by atoms with van der Waals surface area (Å²) in [5, 5.41) is 19.2. The van der Waals surface area contributed by atoms with Crippen molar-refractivity contribution in [2.24, 2.45) is 0 Å². The van der Waals surface area contributed by atoms with E-state index in [1.165, 1.54) is 10.8 Å². The predicted molar refractivity (Wildman–Crippen MR) is 94.9 cm³/mol. The molecule has 1 aromatic carbocycles. The summed E-state index contributed by atoms with van der Waals surface area (Å²) >= 11 is 1.14. The van der Waals surface area contributed by atoms with Crippen LogP contribution in [0.15, 0.2) is 46.5 Å². The number of nitrogens with one attached hydrogen (secondary N) is 2. The van der Waals surface area contributed by atoms with Crippen LogP contribution in [-0.4, -0.2) is 49.2 Å². The van der Waals surface area contributed by atoms with Gasteiger partial charge in [-0.2, -0.15) is 5.10 Å². The van der Waals surface area contributed by atoms with Crippen LogP contribution in [0.25, 0.3) is 16.7 Å². The van der Waals surface area contributed by atoms with E-state index in [-0.39, 0.29) is 23.8 Å². The number of thioether (sulfide) groups is 1. The van der Waals surface area contributed by atoms with Crippen molar-refractivity contribution in [3.63, 3.8) is 0 Å². The van der Waals surface area contributed by atoms with Crippen molar-refractivity contribution in [2.45, 2.75) is 18.2 Å². The molecule has 9 heteroatoms. The van der Waals surface area contributed by atoms with Gasteiger partial charge in [-0.25, -0.2) is 4.98 Å². The number of benzene rings is 1. The maximum absolute atomic E-state index is 12.8. The maximum Gasteiger partial charge on any atom is 0.269 e. The molecule has 0 saturated heterocycles. The van der Waals surface area contributed by atoms with Gasteiger partial charge in [0.15, 0.2) is 10.8 Å². The standard InChI is InChI=1S/C16H17N5O3S/c1-10(22)7-17-13(23)9-25-16-19-14-12(8-18-20-14)15(24)21(16)11-5-3-2-4-6-11/h2-6,8,10,22H,7,9H2,1H3,(H,17,23)(H,18,20)/t10-/m0/s1. The van der Waals surface area contributed by atoms with Crippen molar-refractivity contribution < 1.29 is 9.90 Å². The molecule has 0 bridgehead atoms. The summed E-state index contributed by atoms with van der Waals surface area (Å²) < 4.78 is 1.46.